The van der Waals surface area contributed by atoms with Crippen molar-refractivity contribution in [2.45, 2.75) is 26.8 Å². The van der Waals surface area contributed by atoms with Crippen molar-refractivity contribution >= 4 is 16.7 Å². The normalized spacial score (nSPS) is 11.0. The molecule has 0 aliphatic rings. The smallest absolute Gasteiger partial charge is 0.268 e. The van der Waals surface area contributed by atoms with Gasteiger partial charge in [0.25, 0.3) is 11.5 Å². The zero-order chi connectivity index (χ0) is 14.2. The van der Waals surface area contributed by atoms with Crippen molar-refractivity contribution in [3.63, 3.8) is 0 Å². The fourth-order valence-corrected chi connectivity index (χ4v) is 2.07. The molecule has 0 fully saturated rings. The summed E-state index contributed by atoms with van der Waals surface area (Å²) in [4.78, 5) is 24.3. The first kappa shape index (κ1) is 13.3. The molecular formula is C15H18N2O2. The number of benzene rings is 1. The Morgan fingerprint density at radius 1 is 1.26 bits per heavy atom. The Morgan fingerprint density at radius 3 is 2.58 bits per heavy atom. The van der Waals surface area contributed by atoms with Crippen molar-refractivity contribution in [2.75, 3.05) is 0 Å². The summed E-state index contributed by atoms with van der Waals surface area (Å²) in [5.74, 6) is -0.225. The molecule has 1 aromatic carbocycles. The standard InChI is InChI=1S/C15H18N2O2/c1-9(2)16-14(18)13-8-11-6-5-10(3)7-12(11)15(19)17(13)4/h5-9H,1-4H3,(H,16,18). The number of hydrogen-bond acceptors (Lipinski definition) is 2. The van der Waals surface area contributed by atoms with Crippen molar-refractivity contribution in [2.24, 2.45) is 7.05 Å². The molecule has 0 aliphatic heterocycles. The van der Waals surface area contributed by atoms with Crippen molar-refractivity contribution in [1.82, 2.24) is 9.88 Å². The third-order valence-corrected chi connectivity index (χ3v) is 3.05. The number of aryl methyl sites for hydroxylation is 1. The van der Waals surface area contributed by atoms with Crippen LogP contribution in [0.25, 0.3) is 10.8 Å². The molecule has 0 radical (unpaired) electrons. The molecule has 1 aromatic heterocycles. The Balaban J connectivity index is 2.65. The highest BCUT2D eigenvalue weighted by Gasteiger charge is 2.13. The fourth-order valence-electron chi connectivity index (χ4n) is 2.07. The summed E-state index contributed by atoms with van der Waals surface area (Å²) in [7, 11) is 1.62. The first-order chi connectivity index (χ1) is 8.90. The van der Waals surface area contributed by atoms with E-state index in [2.05, 4.69) is 5.32 Å². The highest BCUT2D eigenvalue weighted by Crippen LogP contribution is 2.14. The first-order valence-corrected chi connectivity index (χ1v) is 6.31. The summed E-state index contributed by atoms with van der Waals surface area (Å²) in [5.41, 5.74) is 1.27. The highest BCUT2D eigenvalue weighted by molar-refractivity contribution is 5.96. The molecule has 100 valence electrons. The average molecular weight is 258 g/mol. The largest absolute Gasteiger partial charge is 0.349 e. The maximum Gasteiger partial charge on any atom is 0.268 e. The summed E-state index contributed by atoms with van der Waals surface area (Å²) in [5, 5.41) is 4.24. The molecule has 0 bridgehead atoms. The molecule has 0 saturated carbocycles. The summed E-state index contributed by atoms with van der Waals surface area (Å²) in [6.45, 7) is 5.72. The molecule has 0 spiro atoms. The molecule has 1 amide bonds. The number of aromatic nitrogens is 1. The summed E-state index contributed by atoms with van der Waals surface area (Å²) in [6, 6.07) is 7.45. The molecule has 2 rings (SSSR count). The number of hydrogen-bond donors (Lipinski definition) is 1. The van der Waals surface area contributed by atoms with Gasteiger partial charge in [0.05, 0.1) is 0 Å². The number of nitrogens with one attached hydrogen (secondary N) is 1. The van der Waals surface area contributed by atoms with Gasteiger partial charge in [0.1, 0.15) is 5.69 Å². The zero-order valence-corrected chi connectivity index (χ0v) is 11.7. The lowest BCUT2D eigenvalue weighted by Gasteiger charge is -2.12. The SMILES string of the molecule is Cc1ccc2cc(C(=O)NC(C)C)n(C)c(=O)c2c1. The van der Waals surface area contributed by atoms with Gasteiger partial charge in [-0.3, -0.25) is 9.59 Å². The monoisotopic (exact) mass is 258 g/mol. The Morgan fingerprint density at radius 2 is 1.95 bits per heavy atom. The predicted molar refractivity (Wildman–Crippen MR) is 76.5 cm³/mol. The lowest BCUT2D eigenvalue weighted by atomic mass is 10.1. The van der Waals surface area contributed by atoms with E-state index in [-0.39, 0.29) is 17.5 Å². The van der Waals surface area contributed by atoms with Crippen molar-refractivity contribution in [1.29, 1.82) is 0 Å². The van der Waals surface area contributed by atoms with Crippen LogP contribution in [0.3, 0.4) is 0 Å². The molecular weight excluding hydrogens is 240 g/mol. The second-order valence-corrected chi connectivity index (χ2v) is 5.11. The third-order valence-electron chi connectivity index (χ3n) is 3.05. The van der Waals surface area contributed by atoms with Gasteiger partial charge in [0.2, 0.25) is 0 Å². The quantitative estimate of drug-likeness (QED) is 0.895. The number of amides is 1. The van der Waals surface area contributed by atoms with E-state index in [4.69, 9.17) is 0 Å². The summed E-state index contributed by atoms with van der Waals surface area (Å²) < 4.78 is 1.40. The van der Waals surface area contributed by atoms with Crippen molar-refractivity contribution in [3.05, 3.63) is 45.9 Å². The number of nitrogens with zero attached hydrogens (tertiary/aromatic N) is 1. The molecule has 0 aliphatic carbocycles. The van der Waals surface area contributed by atoms with Gasteiger partial charge < -0.3 is 9.88 Å². The van der Waals surface area contributed by atoms with Crippen molar-refractivity contribution < 1.29 is 4.79 Å². The maximum absolute atomic E-state index is 12.3. The third kappa shape index (κ3) is 2.52. The van der Waals surface area contributed by atoms with Crippen LogP contribution in [0.15, 0.2) is 29.1 Å². The number of pyridine rings is 1. The Kier molecular flexibility index (Phi) is 3.42. The van der Waals surface area contributed by atoms with Gasteiger partial charge in [-0.1, -0.05) is 17.7 Å². The van der Waals surface area contributed by atoms with Gasteiger partial charge in [0, 0.05) is 18.5 Å². The van der Waals surface area contributed by atoms with E-state index in [9.17, 15) is 9.59 Å². The van der Waals surface area contributed by atoms with Crippen LogP contribution in [0.5, 0.6) is 0 Å². The average Bonchev–Trinajstić information content (AvgIpc) is 2.33. The minimum Gasteiger partial charge on any atom is -0.349 e. The molecule has 0 saturated heterocycles. The lowest BCUT2D eigenvalue weighted by Crippen LogP contribution is -2.34. The topological polar surface area (TPSA) is 51.1 Å². The maximum atomic E-state index is 12.3. The van der Waals surface area contributed by atoms with Gasteiger partial charge in [0.15, 0.2) is 0 Å². The van der Waals surface area contributed by atoms with E-state index in [0.717, 1.165) is 10.9 Å². The summed E-state index contributed by atoms with van der Waals surface area (Å²) >= 11 is 0. The Labute approximate surface area is 112 Å². The van der Waals surface area contributed by atoms with E-state index in [0.29, 0.717) is 11.1 Å². The molecule has 2 aromatic rings. The van der Waals surface area contributed by atoms with Crippen LogP contribution in [-0.4, -0.2) is 16.5 Å². The molecule has 0 atom stereocenters. The second kappa shape index (κ2) is 4.88. The van der Waals surface area contributed by atoms with Crippen LogP contribution in [0.4, 0.5) is 0 Å². The van der Waals surface area contributed by atoms with E-state index < -0.39 is 0 Å². The highest BCUT2D eigenvalue weighted by atomic mass is 16.2. The van der Waals surface area contributed by atoms with Crippen molar-refractivity contribution in [3.8, 4) is 0 Å². The number of rotatable bonds is 2. The molecule has 0 unspecified atom stereocenters. The predicted octanol–water partition coefficient (Wildman–Crippen LogP) is 1.99. The number of carbonyl (C=O) groups is 1. The van der Waals surface area contributed by atoms with Gasteiger partial charge >= 0.3 is 0 Å². The Hall–Kier alpha value is -2.10. The van der Waals surface area contributed by atoms with E-state index in [1.54, 1.807) is 13.1 Å². The van der Waals surface area contributed by atoms with Crippen LogP contribution in [0.2, 0.25) is 0 Å². The van der Waals surface area contributed by atoms with Crippen LogP contribution < -0.4 is 10.9 Å². The van der Waals surface area contributed by atoms with Crippen LogP contribution in [0.1, 0.15) is 29.9 Å². The molecule has 4 nitrogen and oxygen atoms in total. The van der Waals surface area contributed by atoms with Crippen LogP contribution >= 0.6 is 0 Å². The minimum atomic E-state index is -0.225. The van der Waals surface area contributed by atoms with Gasteiger partial charge in [-0.05, 0) is 38.3 Å². The molecule has 4 heteroatoms. The van der Waals surface area contributed by atoms with E-state index in [1.165, 1.54) is 4.57 Å². The lowest BCUT2D eigenvalue weighted by molar-refractivity contribution is 0.0934. The van der Waals surface area contributed by atoms with E-state index >= 15 is 0 Å². The summed E-state index contributed by atoms with van der Waals surface area (Å²) in [6.07, 6.45) is 0. The second-order valence-electron chi connectivity index (χ2n) is 5.11. The molecule has 1 N–H and O–H groups in total. The minimum absolute atomic E-state index is 0.0383. The van der Waals surface area contributed by atoms with Gasteiger partial charge in [-0.2, -0.15) is 0 Å². The zero-order valence-electron chi connectivity index (χ0n) is 11.7. The molecule has 1 heterocycles. The van der Waals surface area contributed by atoms with Gasteiger partial charge in [-0.25, -0.2) is 0 Å². The van der Waals surface area contributed by atoms with E-state index in [1.807, 2.05) is 39.0 Å². The first-order valence-electron chi connectivity index (χ1n) is 6.31. The van der Waals surface area contributed by atoms with Gasteiger partial charge in [-0.15, -0.1) is 0 Å². The fraction of sp³-hybridized carbons (Fsp3) is 0.333. The number of carbonyl (C=O) groups excluding carboxylic acids is 1. The van der Waals surface area contributed by atoms with Crippen LogP contribution in [0, 0.1) is 6.92 Å². The van der Waals surface area contributed by atoms with Crippen LogP contribution in [-0.2, 0) is 7.05 Å². The molecule has 19 heavy (non-hydrogen) atoms. The number of fused-ring (bicyclic) bond motifs is 1. The Bertz CT molecular complexity index is 699.